The molecule has 1 aromatic rings. The molecule has 1 unspecified atom stereocenters. The lowest BCUT2D eigenvalue weighted by Gasteiger charge is -2.16. The fourth-order valence-corrected chi connectivity index (χ4v) is 3.18. The second-order valence-electron chi connectivity index (χ2n) is 6.26. The first-order chi connectivity index (χ1) is 13.1. The fraction of sp³-hybridized carbons (Fsp3) is 0.167. The van der Waals surface area contributed by atoms with E-state index in [1.54, 1.807) is 12.4 Å². The lowest BCUT2D eigenvalue weighted by molar-refractivity contribution is 0.591. The van der Waals surface area contributed by atoms with Crippen LogP contribution in [0, 0.1) is 0 Å². The summed E-state index contributed by atoms with van der Waals surface area (Å²) in [5.41, 5.74) is 6.17. The van der Waals surface area contributed by atoms with Crippen LogP contribution < -0.4 is 5.32 Å². The van der Waals surface area contributed by atoms with E-state index in [0.29, 0.717) is 5.82 Å². The molecule has 0 radical (unpaired) electrons. The summed E-state index contributed by atoms with van der Waals surface area (Å²) in [7, 11) is 0. The first-order valence-electron chi connectivity index (χ1n) is 8.98. The maximum Gasteiger partial charge on any atom is 0.119 e. The molecule has 1 aromatic carbocycles. The second kappa shape index (κ2) is 10.1. The van der Waals surface area contributed by atoms with Crippen LogP contribution in [0.4, 0.5) is 0 Å². The highest BCUT2D eigenvalue weighted by molar-refractivity contribution is 6.16. The van der Waals surface area contributed by atoms with Gasteiger partial charge in [0.2, 0.25) is 0 Å². The van der Waals surface area contributed by atoms with Crippen molar-refractivity contribution < 1.29 is 0 Å². The van der Waals surface area contributed by atoms with Gasteiger partial charge in [-0.15, -0.1) is 0 Å². The summed E-state index contributed by atoms with van der Waals surface area (Å²) in [6.45, 7) is 17.3. The smallest absolute Gasteiger partial charge is 0.119 e. The van der Waals surface area contributed by atoms with Crippen molar-refractivity contribution in [2.24, 2.45) is 9.98 Å². The van der Waals surface area contributed by atoms with Gasteiger partial charge in [0.05, 0.1) is 6.04 Å². The number of allylic oxidation sites excluding steroid dienone is 6. The van der Waals surface area contributed by atoms with E-state index < -0.39 is 0 Å². The van der Waals surface area contributed by atoms with Gasteiger partial charge in [-0.25, -0.2) is 4.99 Å². The molecular weight excluding hydrogens is 330 g/mol. The van der Waals surface area contributed by atoms with Crippen LogP contribution >= 0.6 is 0 Å². The highest BCUT2D eigenvalue weighted by atomic mass is 15.1. The minimum atomic E-state index is 0.204. The van der Waals surface area contributed by atoms with Crippen molar-refractivity contribution in [3.63, 3.8) is 0 Å². The molecular formula is C24H27N3. The van der Waals surface area contributed by atoms with E-state index in [1.807, 2.05) is 18.2 Å². The Morgan fingerprint density at radius 3 is 2.74 bits per heavy atom. The summed E-state index contributed by atoms with van der Waals surface area (Å²) in [5, 5.41) is 3.41. The molecule has 1 N–H and O–H groups in total. The van der Waals surface area contributed by atoms with Gasteiger partial charge in [-0.05, 0) is 42.0 Å². The van der Waals surface area contributed by atoms with Gasteiger partial charge < -0.3 is 5.32 Å². The van der Waals surface area contributed by atoms with Crippen molar-refractivity contribution in [3.8, 4) is 0 Å². The third-order valence-electron chi connectivity index (χ3n) is 4.41. The van der Waals surface area contributed by atoms with Gasteiger partial charge in [0.1, 0.15) is 5.82 Å². The molecule has 3 nitrogen and oxygen atoms in total. The summed E-state index contributed by atoms with van der Waals surface area (Å²) in [4.78, 5) is 8.15. The first kappa shape index (κ1) is 20.1. The number of fused-ring (bicyclic) bond motifs is 1. The van der Waals surface area contributed by atoms with Crippen LogP contribution in [0.1, 0.15) is 36.1 Å². The Balaban J connectivity index is 2.27. The molecule has 0 heterocycles. The lowest BCUT2D eigenvalue weighted by Crippen LogP contribution is -2.17. The highest BCUT2D eigenvalue weighted by Crippen LogP contribution is 2.37. The van der Waals surface area contributed by atoms with E-state index in [1.165, 1.54) is 22.9 Å². The Labute approximate surface area is 162 Å². The number of benzene rings is 1. The van der Waals surface area contributed by atoms with Crippen LogP contribution in [0.2, 0.25) is 0 Å². The molecule has 0 saturated carbocycles. The second-order valence-corrected chi connectivity index (χ2v) is 6.26. The van der Waals surface area contributed by atoms with Crippen molar-refractivity contribution in [1.29, 1.82) is 0 Å². The summed E-state index contributed by atoms with van der Waals surface area (Å²) in [6, 6.07) is 6.65. The van der Waals surface area contributed by atoms with Crippen LogP contribution in [0.25, 0.3) is 5.57 Å². The van der Waals surface area contributed by atoms with Crippen LogP contribution in [-0.4, -0.2) is 12.4 Å². The van der Waals surface area contributed by atoms with Gasteiger partial charge >= 0.3 is 0 Å². The third kappa shape index (κ3) is 5.38. The number of aliphatic imine (C=N–C) groups is 2. The van der Waals surface area contributed by atoms with E-state index in [2.05, 4.69) is 72.8 Å². The Hall–Kier alpha value is -3.20. The fourth-order valence-electron chi connectivity index (χ4n) is 3.18. The zero-order chi connectivity index (χ0) is 19.6. The SMILES string of the molecule is C=C/C=C(\C=C(\C)C=C)c1cccc2c1CCC2NC(=C)N=CC=NC=C. The van der Waals surface area contributed by atoms with Crippen molar-refractivity contribution in [2.75, 3.05) is 0 Å². The average Bonchev–Trinajstić information content (AvgIpc) is 3.07. The van der Waals surface area contributed by atoms with E-state index >= 15 is 0 Å². The molecule has 138 valence electrons. The summed E-state index contributed by atoms with van der Waals surface area (Å²) in [6.07, 6.45) is 14.6. The predicted octanol–water partition coefficient (Wildman–Crippen LogP) is 5.72. The number of hydrogen-bond donors (Lipinski definition) is 1. The minimum Gasteiger partial charge on any atom is -0.364 e. The highest BCUT2D eigenvalue weighted by Gasteiger charge is 2.25. The molecule has 27 heavy (non-hydrogen) atoms. The Morgan fingerprint density at radius 1 is 1.22 bits per heavy atom. The summed E-state index contributed by atoms with van der Waals surface area (Å²) < 4.78 is 0. The van der Waals surface area contributed by atoms with Gasteiger partial charge in [0.15, 0.2) is 0 Å². The number of nitrogens with one attached hydrogen (secondary N) is 1. The molecule has 0 saturated heterocycles. The number of nitrogens with zero attached hydrogens (tertiary/aromatic N) is 2. The zero-order valence-electron chi connectivity index (χ0n) is 16.0. The average molecular weight is 358 g/mol. The standard InChI is InChI=1S/C24H27N3/c1-6-10-20(17-18(4)7-2)21-11-9-12-23-22(21)13-14-24(23)27-19(5)26-16-15-25-8-3/h6-12,15-17,24,27H,1-3,5,13-14H2,4H3/b18-17-,20-10+,25-15?,26-16?. The maximum absolute atomic E-state index is 4.26. The lowest BCUT2D eigenvalue weighted by atomic mass is 9.94. The Morgan fingerprint density at radius 2 is 2.04 bits per heavy atom. The van der Waals surface area contributed by atoms with Gasteiger partial charge in [0, 0.05) is 18.6 Å². The van der Waals surface area contributed by atoms with Gasteiger partial charge in [-0.3, -0.25) is 4.99 Å². The topological polar surface area (TPSA) is 36.8 Å². The molecule has 0 aliphatic heterocycles. The van der Waals surface area contributed by atoms with Crippen LogP contribution in [-0.2, 0) is 6.42 Å². The molecule has 0 bridgehead atoms. The molecule has 3 heteroatoms. The summed E-state index contributed by atoms with van der Waals surface area (Å²) >= 11 is 0. The van der Waals surface area contributed by atoms with Crippen molar-refractivity contribution >= 4 is 18.0 Å². The maximum atomic E-state index is 4.26. The number of hydrogen-bond acceptors (Lipinski definition) is 3. The van der Waals surface area contributed by atoms with Gasteiger partial charge in [-0.1, -0.05) is 74.4 Å². The third-order valence-corrected chi connectivity index (χ3v) is 4.41. The van der Waals surface area contributed by atoms with E-state index in [-0.39, 0.29) is 6.04 Å². The molecule has 1 atom stereocenters. The largest absolute Gasteiger partial charge is 0.364 e. The van der Waals surface area contributed by atoms with Crippen molar-refractivity contribution in [2.45, 2.75) is 25.8 Å². The monoisotopic (exact) mass is 357 g/mol. The summed E-state index contributed by atoms with van der Waals surface area (Å²) in [5.74, 6) is 0.623. The molecule has 0 spiro atoms. The van der Waals surface area contributed by atoms with E-state index in [0.717, 1.165) is 24.0 Å². The molecule has 0 aromatic heterocycles. The minimum absolute atomic E-state index is 0.204. The Bertz CT molecular complexity index is 850. The predicted molar refractivity (Wildman–Crippen MR) is 119 cm³/mol. The molecule has 2 rings (SSSR count). The number of rotatable bonds is 9. The molecule has 1 aliphatic carbocycles. The molecule has 1 aliphatic rings. The quantitative estimate of drug-likeness (QED) is 0.445. The Kier molecular flexibility index (Phi) is 7.50. The zero-order valence-corrected chi connectivity index (χ0v) is 16.0. The molecule has 0 amide bonds. The van der Waals surface area contributed by atoms with Gasteiger partial charge in [0.25, 0.3) is 0 Å². The van der Waals surface area contributed by atoms with Crippen LogP contribution in [0.5, 0.6) is 0 Å². The van der Waals surface area contributed by atoms with E-state index in [9.17, 15) is 0 Å². The van der Waals surface area contributed by atoms with Crippen LogP contribution in [0.15, 0.2) is 96.4 Å². The normalized spacial score (nSPS) is 17.1. The van der Waals surface area contributed by atoms with Gasteiger partial charge in [-0.2, -0.15) is 0 Å². The molecule has 0 fully saturated rings. The first-order valence-corrected chi connectivity index (χ1v) is 8.98. The van der Waals surface area contributed by atoms with Crippen LogP contribution in [0.3, 0.4) is 0 Å². The van der Waals surface area contributed by atoms with E-state index in [4.69, 9.17) is 0 Å². The van der Waals surface area contributed by atoms with Crippen molar-refractivity contribution in [3.05, 3.63) is 103 Å². The van der Waals surface area contributed by atoms with Crippen molar-refractivity contribution in [1.82, 2.24) is 5.32 Å².